The van der Waals surface area contributed by atoms with E-state index < -0.39 is 93.0 Å². The van der Waals surface area contributed by atoms with Gasteiger partial charge >= 0.3 is 0 Å². The molecule has 0 radical (unpaired) electrons. The van der Waals surface area contributed by atoms with Gasteiger partial charge in [-0.1, -0.05) is 0 Å². The lowest BCUT2D eigenvalue weighted by Gasteiger charge is -2.38. The molecule has 3 aromatic rings. The van der Waals surface area contributed by atoms with Crippen molar-refractivity contribution in [3.63, 3.8) is 0 Å². The van der Waals surface area contributed by atoms with Crippen LogP contribution in [0.5, 0.6) is 23.0 Å². The van der Waals surface area contributed by atoms with Gasteiger partial charge in [0.2, 0.25) is 5.78 Å². The number of Topliss-reactive ketones (excluding diaryl/α,β-unsaturated/α-hetero) is 2. The number of hydrogen-bond donors (Lipinski definition) is 6. The molecular formula is C30H22O10. The summed E-state index contributed by atoms with van der Waals surface area (Å²) >= 11 is 0. The van der Waals surface area contributed by atoms with Crippen LogP contribution in [0.4, 0.5) is 0 Å². The van der Waals surface area contributed by atoms with E-state index in [1.807, 2.05) is 0 Å². The lowest BCUT2D eigenvalue weighted by atomic mass is 9.65. The second kappa shape index (κ2) is 8.35. The number of benzene rings is 3. The van der Waals surface area contributed by atoms with Gasteiger partial charge in [-0.2, -0.15) is 0 Å². The molecule has 0 aromatic heterocycles. The van der Waals surface area contributed by atoms with Crippen molar-refractivity contribution >= 4 is 23.1 Å². The Morgan fingerprint density at radius 2 is 1.10 bits per heavy atom. The first-order chi connectivity index (χ1) is 18.8. The number of carbonyl (C=O) groups excluding carboxylic acids is 4. The molecule has 0 fully saturated rings. The Kier molecular flexibility index (Phi) is 5.32. The fourth-order valence-electron chi connectivity index (χ4n) is 6.26. The van der Waals surface area contributed by atoms with Crippen LogP contribution in [0, 0.1) is 13.8 Å². The highest BCUT2D eigenvalue weighted by molar-refractivity contribution is 6.32. The van der Waals surface area contributed by atoms with Gasteiger partial charge < -0.3 is 30.6 Å². The van der Waals surface area contributed by atoms with Gasteiger partial charge in [-0.25, -0.2) is 0 Å². The van der Waals surface area contributed by atoms with Crippen LogP contribution in [-0.2, 0) is 0 Å². The number of phenols is 4. The highest BCUT2D eigenvalue weighted by Gasteiger charge is 2.50. The molecule has 0 saturated heterocycles. The predicted octanol–water partition coefficient (Wildman–Crippen LogP) is 2.49. The van der Waals surface area contributed by atoms with Crippen molar-refractivity contribution in [2.24, 2.45) is 0 Å². The van der Waals surface area contributed by atoms with Crippen LogP contribution in [0.15, 0.2) is 41.5 Å². The molecule has 3 aliphatic carbocycles. The van der Waals surface area contributed by atoms with Gasteiger partial charge in [-0.3, -0.25) is 19.2 Å². The lowest BCUT2D eigenvalue weighted by Crippen LogP contribution is -2.42. The highest BCUT2D eigenvalue weighted by Crippen LogP contribution is 2.51. The first kappa shape index (κ1) is 25.5. The molecule has 6 N–H and O–H groups in total. The molecule has 3 atom stereocenters. The predicted molar refractivity (Wildman–Crippen MR) is 137 cm³/mol. The molecule has 0 aliphatic heterocycles. The number of aryl methyl sites for hydroxylation is 2. The number of ketones is 4. The van der Waals surface area contributed by atoms with E-state index in [9.17, 15) is 49.8 Å². The van der Waals surface area contributed by atoms with E-state index in [-0.39, 0.29) is 27.8 Å². The molecule has 0 heterocycles. The summed E-state index contributed by atoms with van der Waals surface area (Å²) in [6.07, 6.45) is -3.70. The van der Waals surface area contributed by atoms with Gasteiger partial charge in [0.05, 0.1) is 28.9 Å². The Bertz CT molecular complexity index is 1790. The maximum absolute atomic E-state index is 13.9. The summed E-state index contributed by atoms with van der Waals surface area (Å²) < 4.78 is 0. The molecule has 6 rings (SSSR count). The standard InChI is InChI=1S/C30H22O10/c1-9-3-11-19(13(31)5-9)29(39)23-17(35)7-15(33)21(25(23)27(11)37)22-16(34)8-18(36)24-26(22)28(38)12-4-10(2)6-14(32)20(12)30(24)40/h3-7,16,18,22,31-36H,8H2,1-2H3/t16-,18?,22+/m0/s1. The molecule has 10 heteroatoms. The van der Waals surface area contributed by atoms with E-state index >= 15 is 0 Å². The number of carbonyl (C=O) groups is 4. The fourth-order valence-corrected chi connectivity index (χ4v) is 6.26. The summed E-state index contributed by atoms with van der Waals surface area (Å²) in [5, 5.41) is 64.7. The van der Waals surface area contributed by atoms with E-state index in [0.717, 1.165) is 6.07 Å². The smallest absolute Gasteiger partial charge is 0.201 e. The molecule has 40 heavy (non-hydrogen) atoms. The quantitative estimate of drug-likeness (QED) is 0.208. The van der Waals surface area contributed by atoms with Crippen LogP contribution in [-0.4, -0.2) is 66.0 Å². The Morgan fingerprint density at radius 3 is 1.70 bits per heavy atom. The number of hydrogen-bond acceptors (Lipinski definition) is 10. The number of aromatic hydroxyl groups is 4. The van der Waals surface area contributed by atoms with E-state index in [1.54, 1.807) is 13.8 Å². The van der Waals surface area contributed by atoms with Crippen molar-refractivity contribution in [2.75, 3.05) is 0 Å². The Labute approximate surface area is 226 Å². The van der Waals surface area contributed by atoms with Crippen molar-refractivity contribution in [1.82, 2.24) is 0 Å². The molecule has 0 spiro atoms. The average Bonchev–Trinajstić information content (AvgIpc) is 2.85. The van der Waals surface area contributed by atoms with Crippen molar-refractivity contribution in [3.8, 4) is 23.0 Å². The summed E-state index contributed by atoms with van der Waals surface area (Å²) in [5.41, 5.74) is -2.39. The van der Waals surface area contributed by atoms with E-state index in [0.29, 0.717) is 11.1 Å². The maximum atomic E-state index is 13.9. The molecule has 0 saturated carbocycles. The van der Waals surface area contributed by atoms with Gasteiger partial charge in [0.15, 0.2) is 17.3 Å². The maximum Gasteiger partial charge on any atom is 0.201 e. The second-order valence-corrected chi connectivity index (χ2v) is 10.4. The molecule has 0 bridgehead atoms. The van der Waals surface area contributed by atoms with Gasteiger partial charge in [-0.15, -0.1) is 0 Å². The lowest BCUT2D eigenvalue weighted by molar-refractivity contribution is 0.0614. The molecule has 3 aromatic carbocycles. The van der Waals surface area contributed by atoms with Crippen molar-refractivity contribution in [2.45, 2.75) is 38.4 Å². The third kappa shape index (κ3) is 3.23. The average molecular weight is 542 g/mol. The Hall–Kier alpha value is -4.80. The van der Waals surface area contributed by atoms with E-state index in [2.05, 4.69) is 0 Å². The summed E-state index contributed by atoms with van der Waals surface area (Å²) in [4.78, 5) is 54.8. The topological polar surface area (TPSA) is 190 Å². The third-order valence-corrected chi connectivity index (χ3v) is 7.83. The number of aliphatic hydroxyl groups is 2. The largest absolute Gasteiger partial charge is 0.507 e. The minimum atomic E-state index is -1.61. The van der Waals surface area contributed by atoms with E-state index in [1.165, 1.54) is 24.3 Å². The monoisotopic (exact) mass is 542 g/mol. The molecule has 3 aliphatic rings. The van der Waals surface area contributed by atoms with Crippen molar-refractivity contribution < 1.29 is 49.8 Å². The summed E-state index contributed by atoms with van der Waals surface area (Å²) in [7, 11) is 0. The Balaban J connectivity index is 1.67. The van der Waals surface area contributed by atoms with Crippen LogP contribution < -0.4 is 0 Å². The van der Waals surface area contributed by atoms with Crippen LogP contribution in [0.1, 0.15) is 81.6 Å². The highest BCUT2D eigenvalue weighted by atomic mass is 16.3. The number of rotatable bonds is 1. The summed E-state index contributed by atoms with van der Waals surface area (Å²) in [6.45, 7) is 3.17. The van der Waals surface area contributed by atoms with Crippen LogP contribution >= 0.6 is 0 Å². The van der Waals surface area contributed by atoms with Crippen LogP contribution in [0.25, 0.3) is 0 Å². The fraction of sp³-hybridized carbons (Fsp3) is 0.200. The first-order valence-electron chi connectivity index (χ1n) is 12.4. The summed E-state index contributed by atoms with van der Waals surface area (Å²) in [5.74, 6) is -7.49. The second-order valence-electron chi connectivity index (χ2n) is 10.4. The van der Waals surface area contributed by atoms with Gasteiger partial charge in [0, 0.05) is 51.8 Å². The zero-order chi connectivity index (χ0) is 28.9. The zero-order valence-electron chi connectivity index (χ0n) is 21.1. The number of fused-ring (bicyclic) bond motifs is 3. The summed E-state index contributed by atoms with van der Waals surface area (Å²) in [6, 6.07) is 6.07. The zero-order valence-corrected chi connectivity index (χ0v) is 21.1. The molecule has 202 valence electrons. The minimum absolute atomic E-state index is 0.187. The van der Waals surface area contributed by atoms with Crippen molar-refractivity contribution in [1.29, 1.82) is 0 Å². The first-order valence-corrected chi connectivity index (χ1v) is 12.4. The molecule has 10 nitrogen and oxygen atoms in total. The number of aliphatic hydroxyl groups excluding tert-OH is 2. The van der Waals surface area contributed by atoms with Gasteiger partial charge in [-0.05, 0) is 49.2 Å². The Morgan fingerprint density at radius 1 is 0.575 bits per heavy atom. The van der Waals surface area contributed by atoms with E-state index in [4.69, 9.17) is 0 Å². The van der Waals surface area contributed by atoms with Crippen LogP contribution in [0.2, 0.25) is 0 Å². The molecule has 1 unspecified atom stereocenters. The molecular weight excluding hydrogens is 520 g/mol. The normalized spacial score (nSPS) is 21.6. The van der Waals surface area contributed by atoms with Gasteiger partial charge in [0.25, 0.3) is 0 Å². The van der Waals surface area contributed by atoms with Crippen molar-refractivity contribution in [3.05, 3.63) is 91.5 Å². The SMILES string of the molecule is Cc1cc(O)c2c(c1)C(=O)C1=C(C2=O)C(O)C[C@H](O)[C@@H]1c1c(O)cc(O)c2c1C(=O)c1cc(C)cc(O)c1C2=O. The molecule has 0 amide bonds. The van der Waals surface area contributed by atoms with Gasteiger partial charge in [0.1, 0.15) is 23.0 Å². The van der Waals surface area contributed by atoms with Crippen LogP contribution in [0.3, 0.4) is 0 Å². The minimum Gasteiger partial charge on any atom is -0.507 e. The number of phenolic OH excluding ortho intramolecular Hbond substituents is 4. The third-order valence-electron chi connectivity index (χ3n) is 7.83.